The molecule has 0 radical (unpaired) electrons. The lowest BCUT2D eigenvalue weighted by atomic mass is 10.1. The van der Waals surface area contributed by atoms with Gasteiger partial charge in [-0.05, 0) is 55.7 Å². The molecular formula is C21H23N3O2. The van der Waals surface area contributed by atoms with Crippen LogP contribution in [0.4, 0.5) is 5.95 Å². The van der Waals surface area contributed by atoms with E-state index >= 15 is 0 Å². The number of para-hydroxylation sites is 2. The number of benzene rings is 2. The molecule has 0 bridgehead atoms. The topological polar surface area (TPSA) is 47.4 Å². The van der Waals surface area contributed by atoms with Crippen molar-refractivity contribution in [3.8, 4) is 5.75 Å². The van der Waals surface area contributed by atoms with Gasteiger partial charge in [-0.3, -0.25) is 4.79 Å². The van der Waals surface area contributed by atoms with Gasteiger partial charge in [0.15, 0.2) is 5.78 Å². The smallest absolute Gasteiger partial charge is 0.206 e. The highest BCUT2D eigenvalue weighted by Crippen LogP contribution is 2.26. The number of rotatable bonds is 5. The molecule has 26 heavy (non-hydrogen) atoms. The molecule has 1 aliphatic rings. The van der Waals surface area contributed by atoms with Crippen molar-refractivity contribution in [1.29, 1.82) is 0 Å². The molecule has 5 nitrogen and oxygen atoms in total. The number of hydrogen-bond donors (Lipinski definition) is 0. The first-order chi connectivity index (χ1) is 12.8. The second-order valence-electron chi connectivity index (χ2n) is 6.69. The number of carbonyl (C=O) groups excluding carboxylic acids is 1. The van der Waals surface area contributed by atoms with Crippen LogP contribution in [-0.2, 0) is 6.54 Å². The number of Topliss-reactive ketones (excluding diaryl/α,β-unsaturated/α-hetero) is 1. The SMILES string of the molecule is COc1ccc(C(=O)Cn2c(N3CCCCC3)nc3ccccc32)cc1. The number of carbonyl (C=O) groups is 1. The Hall–Kier alpha value is -2.82. The van der Waals surface area contributed by atoms with Gasteiger partial charge in [0.25, 0.3) is 0 Å². The molecule has 2 heterocycles. The highest BCUT2D eigenvalue weighted by atomic mass is 16.5. The first kappa shape index (κ1) is 16.6. The lowest BCUT2D eigenvalue weighted by Gasteiger charge is -2.28. The third-order valence-corrected chi connectivity index (χ3v) is 4.99. The van der Waals surface area contributed by atoms with Crippen LogP contribution in [0.3, 0.4) is 0 Å². The van der Waals surface area contributed by atoms with Crippen LogP contribution >= 0.6 is 0 Å². The van der Waals surface area contributed by atoms with E-state index in [9.17, 15) is 4.79 Å². The lowest BCUT2D eigenvalue weighted by molar-refractivity contribution is 0.0973. The van der Waals surface area contributed by atoms with Crippen LogP contribution in [0.1, 0.15) is 29.6 Å². The van der Waals surface area contributed by atoms with Crippen LogP contribution in [0.5, 0.6) is 5.75 Å². The normalized spacial score (nSPS) is 14.6. The van der Waals surface area contributed by atoms with Crippen molar-refractivity contribution in [3.05, 3.63) is 54.1 Å². The van der Waals surface area contributed by atoms with Gasteiger partial charge in [-0.25, -0.2) is 4.98 Å². The third-order valence-electron chi connectivity index (χ3n) is 4.99. The molecule has 0 amide bonds. The molecule has 134 valence electrons. The largest absolute Gasteiger partial charge is 0.497 e. The standard InChI is InChI=1S/C21H23N3O2/c1-26-17-11-9-16(10-12-17)20(25)15-24-19-8-4-3-7-18(19)22-21(24)23-13-5-2-6-14-23/h3-4,7-12H,2,5-6,13-15H2,1H3. The number of fused-ring (bicyclic) bond motifs is 1. The van der Waals surface area contributed by atoms with Gasteiger partial charge >= 0.3 is 0 Å². The number of ether oxygens (including phenoxy) is 1. The molecule has 0 aliphatic carbocycles. The van der Waals surface area contributed by atoms with Crippen molar-refractivity contribution in [2.24, 2.45) is 0 Å². The monoisotopic (exact) mass is 349 g/mol. The molecule has 5 heteroatoms. The van der Waals surface area contributed by atoms with E-state index in [4.69, 9.17) is 9.72 Å². The summed E-state index contributed by atoms with van der Waals surface area (Å²) in [6.07, 6.45) is 3.62. The van der Waals surface area contributed by atoms with Crippen LogP contribution in [-0.4, -0.2) is 35.5 Å². The number of ketones is 1. The molecule has 0 N–H and O–H groups in total. The van der Waals surface area contributed by atoms with Gasteiger partial charge in [0, 0.05) is 18.7 Å². The Kier molecular flexibility index (Phi) is 4.61. The summed E-state index contributed by atoms with van der Waals surface area (Å²) in [5, 5.41) is 0. The van der Waals surface area contributed by atoms with E-state index in [1.54, 1.807) is 7.11 Å². The van der Waals surface area contributed by atoms with Crippen molar-refractivity contribution in [3.63, 3.8) is 0 Å². The van der Waals surface area contributed by atoms with E-state index in [-0.39, 0.29) is 5.78 Å². The van der Waals surface area contributed by atoms with Crippen LogP contribution in [0, 0.1) is 0 Å². The molecule has 1 aromatic heterocycles. The van der Waals surface area contributed by atoms with Crippen molar-refractivity contribution in [1.82, 2.24) is 9.55 Å². The Bertz CT molecular complexity index is 909. The Labute approximate surface area is 153 Å². The van der Waals surface area contributed by atoms with Crippen molar-refractivity contribution in [2.75, 3.05) is 25.1 Å². The molecule has 0 unspecified atom stereocenters. The second-order valence-corrected chi connectivity index (χ2v) is 6.69. The fraction of sp³-hybridized carbons (Fsp3) is 0.333. The zero-order valence-electron chi connectivity index (χ0n) is 15.0. The molecule has 3 aromatic rings. The summed E-state index contributed by atoms with van der Waals surface area (Å²) < 4.78 is 7.24. The summed E-state index contributed by atoms with van der Waals surface area (Å²) in [6, 6.07) is 15.3. The summed E-state index contributed by atoms with van der Waals surface area (Å²) in [4.78, 5) is 20.0. The van der Waals surface area contributed by atoms with E-state index < -0.39 is 0 Å². The quantitative estimate of drug-likeness (QED) is 0.655. The van der Waals surface area contributed by atoms with Gasteiger partial charge in [-0.15, -0.1) is 0 Å². The van der Waals surface area contributed by atoms with Crippen molar-refractivity contribution >= 4 is 22.8 Å². The average molecular weight is 349 g/mol. The fourth-order valence-electron chi connectivity index (χ4n) is 3.57. The summed E-state index contributed by atoms with van der Waals surface area (Å²) in [6.45, 7) is 2.29. The van der Waals surface area contributed by atoms with Crippen LogP contribution in [0.2, 0.25) is 0 Å². The molecule has 1 saturated heterocycles. The molecule has 0 saturated carbocycles. The number of aromatic nitrogens is 2. The molecule has 1 aliphatic heterocycles. The Morgan fingerprint density at radius 1 is 1.04 bits per heavy atom. The van der Waals surface area contributed by atoms with Crippen LogP contribution < -0.4 is 9.64 Å². The average Bonchev–Trinajstić information content (AvgIpc) is 3.07. The lowest BCUT2D eigenvalue weighted by Crippen LogP contribution is -2.32. The fourth-order valence-corrected chi connectivity index (χ4v) is 3.57. The third kappa shape index (κ3) is 3.17. The second kappa shape index (κ2) is 7.20. The van der Waals surface area contributed by atoms with E-state index in [1.165, 1.54) is 19.3 Å². The van der Waals surface area contributed by atoms with Crippen molar-refractivity contribution in [2.45, 2.75) is 25.8 Å². The summed E-state index contributed by atoms with van der Waals surface area (Å²) in [7, 11) is 1.62. The van der Waals surface area contributed by atoms with Crippen LogP contribution in [0.15, 0.2) is 48.5 Å². The molecule has 1 fully saturated rings. The zero-order valence-corrected chi connectivity index (χ0v) is 15.0. The van der Waals surface area contributed by atoms with Crippen molar-refractivity contribution < 1.29 is 9.53 Å². The number of methoxy groups -OCH3 is 1. The highest BCUT2D eigenvalue weighted by Gasteiger charge is 2.21. The minimum absolute atomic E-state index is 0.0778. The number of nitrogens with zero attached hydrogens (tertiary/aromatic N) is 3. The maximum absolute atomic E-state index is 12.9. The molecule has 0 spiro atoms. The summed E-state index contributed by atoms with van der Waals surface area (Å²) in [5.41, 5.74) is 2.64. The number of piperidine rings is 1. The van der Waals surface area contributed by atoms with E-state index in [2.05, 4.69) is 9.47 Å². The van der Waals surface area contributed by atoms with Crippen LogP contribution in [0.25, 0.3) is 11.0 Å². The molecular weight excluding hydrogens is 326 g/mol. The van der Waals surface area contributed by atoms with E-state index in [1.807, 2.05) is 48.5 Å². The summed E-state index contributed by atoms with van der Waals surface area (Å²) in [5.74, 6) is 1.74. The minimum Gasteiger partial charge on any atom is -0.497 e. The number of anilines is 1. The van der Waals surface area contributed by atoms with E-state index in [0.717, 1.165) is 35.8 Å². The maximum Gasteiger partial charge on any atom is 0.206 e. The molecule has 0 atom stereocenters. The van der Waals surface area contributed by atoms with Gasteiger partial charge in [-0.2, -0.15) is 0 Å². The first-order valence-electron chi connectivity index (χ1n) is 9.14. The van der Waals surface area contributed by atoms with Gasteiger partial charge in [0.1, 0.15) is 5.75 Å². The maximum atomic E-state index is 12.9. The molecule has 2 aromatic carbocycles. The predicted octanol–water partition coefficient (Wildman–Crippen LogP) is 3.92. The first-order valence-corrected chi connectivity index (χ1v) is 9.14. The predicted molar refractivity (Wildman–Crippen MR) is 103 cm³/mol. The Morgan fingerprint density at radius 2 is 1.77 bits per heavy atom. The molecule has 4 rings (SSSR count). The zero-order chi connectivity index (χ0) is 17.9. The Balaban J connectivity index is 1.68. The Morgan fingerprint density at radius 3 is 2.50 bits per heavy atom. The number of hydrogen-bond acceptors (Lipinski definition) is 4. The summed E-state index contributed by atoms with van der Waals surface area (Å²) >= 11 is 0. The van der Waals surface area contributed by atoms with Gasteiger partial charge in [0.2, 0.25) is 5.95 Å². The van der Waals surface area contributed by atoms with Gasteiger partial charge in [-0.1, -0.05) is 12.1 Å². The minimum atomic E-state index is 0.0778. The van der Waals surface area contributed by atoms with Gasteiger partial charge < -0.3 is 14.2 Å². The number of imidazole rings is 1. The van der Waals surface area contributed by atoms with E-state index in [0.29, 0.717) is 12.1 Å². The van der Waals surface area contributed by atoms with Gasteiger partial charge in [0.05, 0.1) is 24.7 Å². The highest BCUT2D eigenvalue weighted by molar-refractivity contribution is 5.97.